The van der Waals surface area contributed by atoms with Gasteiger partial charge in [0.2, 0.25) is 5.91 Å². The molecule has 0 spiro atoms. The van der Waals surface area contributed by atoms with Crippen LogP contribution < -0.4 is 0 Å². The Morgan fingerprint density at radius 3 is 2.43 bits per heavy atom. The van der Waals surface area contributed by atoms with Gasteiger partial charge in [-0.15, -0.1) is 0 Å². The summed E-state index contributed by atoms with van der Waals surface area (Å²) in [6.45, 7) is 7.27. The minimum atomic E-state index is -0.725. The Balaban J connectivity index is 2.60. The van der Waals surface area contributed by atoms with Gasteiger partial charge in [-0.05, 0) is 27.7 Å². The number of amides is 2. The topological polar surface area (TPSA) is 76.2 Å². The third-order valence-electron chi connectivity index (χ3n) is 2.91. The molecule has 7 nitrogen and oxygen atoms in total. The molecule has 0 aromatic heterocycles. The first-order chi connectivity index (χ1) is 9.65. The molecule has 0 N–H and O–H groups in total. The van der Waals surface area contributed by atoms with Crippen molar-refractivity contribution in [1.82, 2.24) is 9.80 Å². The summed E-state index contributed by atoms with van der Waals surface area (Å²) in [5.74, 6) is -0.893. The average molecular weight is 321 g/mol. The van der Waals surface area contributed by atoms with Crippen molar-refractivity contribution in [2.75, 3.05) is 25.7 Å². The minimum Gasteiger partial charge on any atom is -0.448 e. The van der Waals surface area contributed by atoms with Crippen LogP contribution in [-0.2, 0) is 19.1 Å². The Kier molecular flexibility index (Phi) is 5.83. The Bertz CT molecular complexity index is 421. The Morgan fingerprint density at radius 1 is 1.33 bits per heavy atom. The van der Waals surface area contributed by atoms with Gasteiger partial charge in [0.1, 0.15) is 18.2 Å². The molecular formula is C13H21ClN2O5. The number of alkyl halides is 1. The van der Waals surface area contributed by atoms with Crippen molar-refractivity contribution >= 4 is 29.6 Å². The lowest BCUT2D eigenvalue weighted by Gasteiger charge is -2.37. The van der Waals surface area contributed by atoms with Crippen LogP contribution >= 0.6 is 11.6 Å². The van der Waals surface area contributed by atoms with Gasteiger partial charge in [-0.1, -0.05) is 11.6 Å². The van der Waals surface area contributed by atoms with E-state index >= 15 is 0 Å². The predicted octanol–water partition coefficient (Wildman–Crippen LogP) is 1.19. The van der Waals surface area contributed by atoms with Gasteiger partial charge in [0.15, 0.2) is 6.07 Å². The zero-order chi connectivity index (χ0) is 16.2. The third-order valence-corrected chi connectivity index (χ3v) is 3.02. The second kappa shape index (κ2) is 6.98. The number of carbonyl (C=O) groups is 3. The summed E-state index contributed by atoms with van der Waals surface area (Å²) in [5, 5.41) is 0. The molecule has 0 aromatic carbocycles. The molecule has 0 aromatic rings. The maximum Gasteiger partial charge on any atom is 0.410 e. The number of hydrogen-bond acceptors (Lipinski definition) is 5. The van der Waals surface area contributed by atoms with Crippen LogP contribution in [0.15, 0.2) is 0 Å². The third kappa shape index (κ3) is 5.08. The number of ether oxygens (including phenoxy) is 2. The van der Waals surface area contributed by atoms with Gasteiger partial charge in [0.05, 0.1) is 0 Å². The standard InChI is InChI=1S/C13H21ClN2O5/c1-9(11(18)20-8-14)16-6-5-15(7-10(16)17)12(19)21-13(2,3)4/h9H,5-8H2,1-4H3. The summed E-state index contributed by atoms with van der Waals surface area (Å²) < 4.78 is 9.89. The van der Waals surface area contributed by atoms with Gasteiger partial charge in [-0.3, -0.25) is 9.69 Å². The van der Waals surface area contributed by atoms with E-state index in [1.807, 2.05) is 0 Å². The molecule has 1 heterocycles. The minimum absolute atomic E-state index is 0.118. The molecule has 120 valence electrons. The van der Waals surface area contributed by atoms with Crippen LogP contribution in [0, 0.1) is 0 Å². The lowest BCUT2D eigenvalue weighted by molar-refractivity contribution is -0.155. The molecule has 1 atom stereocenters. The highest BCUT2D eigenvalue weighted by Crippen LogP contribution is 2.14. The van der Waals surface area contributed by atoms with Crippen LogP contribution in [0.2, 0.25) is 0 Å². The molecule has 0 saturated carbocycles. The van der Waals surface area contributed by atoms with Gasteiger partial charge in [0, 0.05) is 13.1 Å². The fourth-order valence-corrected chi connectivity index (χ4v) is 1.99. The molecule has 0 radical (unpaired) electrons. The van der Waals surface area contributed by atoms with Crippen molar-refractivity contribution in [3.63, 3.8) is 0 Å². The highest BCUT2D eigenvalue weighted by Gasteiger charge is 2.34. The number of esters is 1. The van der Waals surface area contributed by atoms with Gasteiger partial charge in [0.25, 0.3) is 0 Å². The number of piperazine rings is 1. The largest absolute Gasteiger partial charge is 0.448 e. The molecule has 0 bridgehead atoms. The number of halogens is 1. The van der Waals surface area contributed by atoms with Gasteiger partial charge < -0.3 is 14.4 Å². The van der Waals surface area contributed by atoms with Crippen LogP contribution in [0.4, 0.5) is 4.79 Å². The molecule has 1 aliphatic rings. The second-order valence-corrected chi connectivity index (χ2v) is 5.96. The van der Waals surface area contributed by atoms with Crippen molar-refractivity contribution in [3.05, 3.63) is 0 Å². The van der Waals surface area contributed by atoms with E-state index in [1.165, 1.54) is 9.80 Å². The summed E-state index contributed by atoms with van der Waals surface area (Å²) in [5.41, 5.74) is -0.616. The first kappa shape index (κ1) is 17.6. The molecule has 2 amide bonds. The molecule has 1 aliphatic heterocycles. The number of hydrogen-bond donors (Lipinski definition) is 0. The van der Waals surface area contributed by atoms with Crippen LogP contribution in [-0.4, -0.2) is 65.1 Å². The molecule has 8 heteroatoms. The SMILES string of the molecule is CC(C(=O)OCCl)N1CCN(C(=O)OC(C)(C)C)CC1=O. The van der Waals surface area contributed by atoms with Gasteiger partial charge in [-0.25, -0.2) is 9.59 Å². The van der Waals surface area contributed by atoms with E-state index in [1.54, 1.807) is 27.7 Å². The van der Waals surface area contributed by atoms with Crippen LogP contribution in [0.25, 0.3) is 0 Å². The highest BCUT2D eigenvalue weighted by atomic mass is 35.5. The fourth-order valence-electron chi connectivity index (χ4n) is 1.88. The lowest BCUT2D eigenvalue weighted by Crippen LogP contribution is -2.57. The maximum absolute atomic E-state index is 12.1. The summed E-state index contributed by atoms with van der Waals surface area (Å²) in [6, 6.07) is -0.980. The van der Waals surface area contributed by atoms with Crippen LogP contribution in [0.1, 0.15) is 27.7 Å². The summed E-state index contributed by atoms with van der Waals surface area (Å²) >= 11 is 5.33. The Morgan fingerprint density at radius 2 is 1.95 bits per heavy atom. The van der Waals surface area contributed by atoms with E-state index in [-0.39, 0.29) is 25.1 Å². The fraction of sp³-hybridized carbons (Fsp3) is 0.769. The monoisotopic (exact) mass is 320 g/mol. The molecule has 0 aliphatic carbocycles. The van der Waals surface area contributed by atoms with Crippen molar-refractivity contribution in [2.24, 2.45) is 0 Å². The molecule has 1 fully saturated rings. The summed E-state index contributed by atoms with van der Waals surface area (Å²) in [6.07, 6.45) is -0.536. The van der Waals surface area contributed by atoms with Gasteiger partial charge >= 0.3 is 12.1 Å². The van der Waals surface area contributed by atoms with Crippen molar-refractivity contribution in [2.45, 2.75) is 39.3 Å². The first-order valence-corrected chi connectivity index (χ1v) is 7.19. The van der Waals surface area contributed by atoms with E-state index in [9.17, 15) is 14.4 Å². The quantitative estimate of drug-likeness (QED) is 0.577. The van der Waals surface area contributed by atoms with E-state index < -0.39 is 23.7 Å². The molecule has 1 saturated heterocycles. The zero-order valence-corrected chi connectivity index (χ0v) is 13.5. The molecule has 1 unspecified atom stereocenters. The molecular weight excluding hydrogens is 300 g/mol. The summed E-state index contributed by atoms with van der Waals surface area (Å²) in [4.78, 5) is 38.2. The highest BCUT2D eigenvalue weighted by molar-refractivity contribution is 6.17. The Hall–Kier alpha value is -1.50. The van der Waals surface area contributed by atoms with Crippen molar-refractivity contribution in [3.8, 4) is 0 Å². The van der Waals surface area contributed by atoms with Crippen LogP contribution in [0.3, 0.4) is 0 Å². The predicted molar refractivity (Wildman–Crippen MR) is 75.8 cm³/mol. The maximum atomic E-state index is 12.1. The van der Waals surface area contributed by atoms with E-state index in [4.69, 9.17) is 16.3 Å². The molecule has 1 rings (SSSR count). The van der Waals surface area contributed by atoms with E-state index in [0.717, 1.165) is 0 Å². The first-order valence-electron chi connectivity index (χ1n) is 6.65. The summed E-state index contributed by atoms with van der Waals surface area (Å²) in [7, 11) is 0. The van der Waals surface area contributed by atoms with Gasteiger partial charge in [-0.2, -0.15) is 0 Å². The van der Waals surface area contributed by atoms with Crippen molar-refractivity contribution < 1.29 is 23.9 Å². The number of carbonyl (C=O) groups excluding carboxylic acids is 3. The smallest absolute Gasteiger partial charge is 0.410 e. The van der Waals surface area contributed by atoms with E-state index in [0.29, 0.717) is 6.54 Å². The molecule has 21 heavy (non-hydrogen) atoms. The van der Waals surface area contributed by atoms with E-state index in [2.05, 4.69) is 4.74 Å². The normalized spacial score (nSPS) is 17.5. The second-order valence-electron chi connectivity index (χ2n) is 5.74. The zero-order valence-electron chi connectivity index (χ0n) is 12.7. The lowest BCUT2D eigenvalue weighted by atomic mass is 10.2. The Labute approximate surface area is 129 Å². The average Bonchev–Trinajstić information content (AvgIpc) is 2.36. The van der Waals surface area contributed by atoms with Crippen molar-refractivity contribution in [1.29, 1.82) is 0 Å². The number of nitrogens with zero attached hydrogens (tertiary/aromatic N) is 2. The number of rotatable bonds is 3. The van der Waals surface area contributed by atoms with Crippen LogP contribution in [0.5, 0.6) is 0 Å².